The van der Waals surface area contributed by atoms with Gasteiger partial charge in [0, 0.05) is 12.3 Å². The Kier molecular flexibility index (Phi) is 8.81. The van der Waals surface area contributed by atoms with Gasteiger partial charge in [0.2, 0.25) is 0 Å². The van der Waals surface area contributed by atoms with Crippen molar-refractivity contribution >= 4 is 21.4 Å². The Hall–Kier alpha value is -1.67. The van der Waals surface area contributed by atoms with Crippen molar-refractivity contribution in [3.8, 4) is 0 Å². The summed E-state index contributed by atoms with van der Waals surface area (Å²) in [6, 6.07) is 0.906. The fraction of sp³-hybridized carbons (Fsp3) is 0.667. The highest BCUT2D eigenvalue weighted by molar-refractivity contribution is 7.59. The molecule has 0 aromatic carbocycles. The zero-order valence-corrected chi connectivity index (χ0v) is 19.5. The Morgan fingerprint density at radius 3 is 2.28 bits per heavy atom. The van der Waals surface area contributed by atoms with Gasteiger partial charge in [-0.25, -0.2) is 9.11 Å². The largest absolute Gasteiger partial charge is 0.756 e. The molecule has 1 aromatic rings. The number of carbonyl (C=O) groups excluding carboxylic acids is 1. The third kappa shape index (κ3) is 6.42. The van der Waals surface area contributed by atoms with Crippen LogP contribution in [0, 0.1) is 0 Å². The lowest BCUT2D eigenvalue weighted by molar-refractivity contribution is -0.277. The molecular formula is C15H20N2O17P2-2. The number of aromatic nitrogens is 2. The van der Waals surface area contributed by atoms with Crippen molar-refractivity contribution in [3.63, 3.8) is 0 Å². The Balaban J connectivity index is 1.62. The standard InChI is InChI=1S/C15H22N2O17P2/c18-3-5-8(20)10(22)12(24)14(32-5)33-36(28,29)34-35(26,27)30-4-6-9(21)11(23)13(31-6)17-2-1-7(19)16-15(17)25/h1-2,5-6,8-9,11-14,18,20-21,23-24H,3-4H2,(H,26,27)(H,28,29)(H,16,19,25)/p-2/t5-,6-,8-,9-,11-,12-,13-,14-/m1/s1. The Morgan fingerprint density at radius 1 is 1.00 bits per heavy atom. The minimum atomic E-state index is -5.95. The zero-order valence-electron chi connectivity index (χ0n) is 17.7. The van der Waals surface area contributed by atoms with E-state index in [0.29, 0.717) is 4.57 Å². The van der Waals surface area contributed by atoms with Crippen LogP contribution >= 0.6 is 15.6 Å². The Bertz CT molecular complexity index is 1170. The predicted molar refractivity (Wildman–Crippen MR) is 103 cm³/mol. The second-order valence-corrected chi connectivity index (χ2v) is 10.4. The Labute approximate surface area is 199 Å². The number of hydrogen-bond donors (Lipinski definition) is 6. The second-order valence-electron chi connectivity index (χ2n) is 7.46. The van der Waals surface area contributed by atoms with E-state index in [9.17, 15) is 53.7 Å². The lowest BCUT2D eigenvalue weighted by atomic mass is 10.0. The minimum Gasteiger partial charge on any atom is -0.756 e. The summed E-state index contributed by atoms with van der Waals surface area (Å²) in [6.45, 7) is -2.12. The van der Waals surface area contributed by atoms with E-state index in [0.717, 1.165) is 12.3 Å². The van der Waals surface area contributed by atoms with Crippen molar-refractivity contribution < 1.29 is 72.1 Å². The van der Waals surface area contributed by atoms with Crippen LogP contribution in [0.3, 0.4) is 0 Å². The number of ether oxygens (including phenoxy) is 2. The van der Waals surface area contributed by atoms with Crippen LogP contribution in [0.4, 0.5) is 0 Å². The highest BCUT2D eigenvalue weighted by Gasteiger charge is 2.46. The van der Waals surface area contributed by atoms with Gasteiger partial charge in [-0.3, -0.25) is 32.8 Å². The monoisotopic (exact) mass is 562 g/mol. The number of H-pyrrole nitrogens is 1. The fourth-order valence-electron chi connectivity index (χ4n) is 3.22. The maximum Gasteiger partial charge on any atom is 0.330 e. The first-order valence-electron chi connectivity index (χ1n) is 9.81. The van der Waals surface area contributed by atoms with Crippen LogP contribution in [0.15, 0.2) is 21.9 Å². The molecule has 2 aliphatic heterocycles. The van der Waals surface area contributed by atoms with Crippen molar-refractivity contribution in [3.05, 3.63) is 33.1 Å². The number of phosphoric acid groups is 2. The number of aromatic amines is 1. The first-order valence-corrected chi connectivity index (χ1v) is 12.7. The number of aliphatic hydroxyl groups is 5. The molecule has 2 fully saturated rings. The van der Waals surface area contributed by atoms with Gasteiger partial charge >= 0.3 is 5.69 Å². The molecular weight excluding hydrogens is 542 g/mol. The van der Waals surface area contributed by atoms with Crippen molar-refractivity contribution in [2.24, 2.45) is 0 Å². The lowest BCUT2D eigenvalue weighted by Crippen LogP contribution is -2.56. The van der Waals surface area contributed by atoms with Gasteiger partial charge in [0.25, 0.3) is 21.2 Å². The molecule has 36 heavy (non-hydrogen) atoms. The molecule has 3 heterocycles. The summed E-state index contributed by atoms with van der Waals surface area (Å²) in [5.74, 6) is -1.38. The van der Waals surface area contributed by atoms with Gasteiger partial charge in [-0.2, -0.15) is 0 Å². The number of Topliss-reactive ketones (excluding diaryl/α,β-unsaturated/α-hetero) is 1. The molecule has 19 nitrogen and oxygen atoms in total. The van der Waals surface area contributed by atoms with E-state index < -0.39 is 95.0 Å². The molecule has 21 heteroatoms. The maximum absolute atomic E-state index is 12.0. The highest BCUT2D eigenvalue weighted by Crippen LogP contribution is 2.56. The number of carbonyl (C=O) groups is 1. The molecule has 6 N–H and O–H groups in total. The average Bonchev–Trinajstić information content (AvgIpc) is 3.06. The van der Waals surface area contributed by atoms with Gasteiger partial charge in [0.1, 0.15) is 30.5 Å². The number of nitrogens with zero attached hydrogens (tertiary/aromatic N) is 1. The summed E-state index contributed by atoms with van der Waals surface area (Å²) in [7, 11) is -11.8. The molecule has 0 spiro atoms. The van der Waals surface area contributed by atoms with E-state index >= 15 is 0 Å². The number of phosphoric ester groups is 2. The predicted octanol–water partition coefficient (Wildman–Crippen LogP) is -5.85. The SMILES string of the molecule is O=C1[C@@H](O)[C@@H](OP(=O)([O-])OP(=O)([O-])OC[C@H]2O[C@@H](n3ccc(=O)[nH]c3=O)[C@H](O)[C@@H]2O)O[C@H](CO)[C@H]1O. The number of rotatable bonds is 9. The summed E-state index contributed by atoms with van der Waals surface area (Å²) in [5.41, 5.74) is -1.79. The normalized spacial score (nSPS) is 36.4. The third-order valence-electron chi connectivity index (χ3n) is 4.97. The molecule has 0 aliphatic carbocycles. The van der Waals surface area contributed by atoms with Gasteiger partial charge in [0.15, 0.2) is 24.4 Å². The van der Waals surface area contributed by atoms with Gasteiger partial charge in [-0.1, -0.05) is 0 Å². The van der Waals surface area contributed by atoms with Gasteiger partial charge in [0.05, 0.1) is 13.2 Å². The van der Waals surface area contributed by atoms with Crippen molar-refractivity contribution in [1.82, 2.24) is 9.55 Å². The first kappa shape index (κ1) is 28.9. The maximum atomic E-state index is 12.0. The van der Waals surface area contributed by atoms with E-state index in [1.54, 1.807) is 0 Å². The molecule has 0 radical (unpaired) electrons. The van der Waals surface area contributed by atoms with E-state index in [4.69, 9.17) is 14.6 Å². The summed E-state index contributed by atoms with van der Waals surface area (Å²) in [6.07, 6.45) is -14.4. The van der Waals surface area contributed by atoms with E-state index in [2.05, 4.69) is 13.4 Å². The topological polar surface area (TPSA) is 299 Å². The van der Waals surface area contributed by atoms with Gasteiger partial charge in [-0.15, -0.1) is 0 Å². The first-order chi connectivity index (χ1) is 16.7. The van der Waals surface area contributed by atoms with Crippen LogP contribution in [-0.2, 0) is 36.8 Å². The quantitative estimate of drug-likeness (QED) is 0.153. The van der Waals surface area contributed by atoms with Crippen LogP contribution in [0.2, 0.25) is 0 Å². The van der Waals surface area contributed by atoms with Crippen molar-refractivity contribution in [2.75, 3.05) is 13.2 Å². The fourth-order valence-corrected chi connectivity index (χ4v) is 5.29. The summed E-state index contributed by atoms with van der Waals surface area (Å²) < 4.78 is 46.9. The molecule has 2 saturated heterocycles. The van der Waals surface area contributed by atoms with E-state index in [1.165, 1.54) is 0 Å². The lowest BCUT2D eigenvalue weighted by Gasteiger charge is -2.38. The molecule has 2 aliphatic rings. The summed E-state index contributed by atoms with van der Waals surface area (Å²) >= 11 is 0. The zero-order chi connectivity index (χ0) is 27.0. The van der Waals surface area contributed by atoms with E-state index in [1.807, 2.05) is 4.98 Å². The van der Waals surface area contributed by atoms with Crippen LogP contribution in [0.25, 0.3) is 0 Å². The smallest absolute Gasteiger partial charge is 0.330 e. The summed E-state index contributed by atoms with van der Waals surface area (Å²) in [4.78, 5) is 60.6. The van der Waals surface area contributed by atoms with Crippen molar-refractivity contribution in [2.45, 2.75) is 49.1 Å². The second kappa shape index (κ2) is 11.0. The van der Waals surface area contributed by atoms with Crippen LogP contribution < -0.4 is 21.0 Å². The van der Waals surface area contributed by atoms with Gasteiger partial charge < -0.3 is 49.3 Å². The number of hydrogen-bond acceptors (Lipinski definition) is 17. The molecule has 2 unspecified atom stereocenters. The number of nitrogens with one attached hydrogen (secondary N) is 1. The molecule has 204 valence electrons. The Morgan fingerprint density at radius 2 is 1.67 bits per heavy atom. The number of ketones is 1. The molecule has 0 bridgehead atoms. The molecule has 10 atom stereocenters. The number of aliphatic hydroxyl groups excluding tert-OH is 5. The molecule has 1 aromatic heterocycles. The summed E-state index contributed by atoms with van der Waals surface area (Å²) in [5, 5.41) is 48.4. The van der Waals surface area contributed by atoms with Crippen LogP contribution in [-0.4, -0.2) is 97.0 Å². The van der Waals surface area contributed by atoms with Gasteiger partial charge in [-0.05, 0) is 0 Å². The van der Waals surface area contributed by atoms with Crippen LogP contribution in [0.1, 0.15) is 6.23 Å². The third-order valence-corrected chi connectivity index (χ3v) is 7.51. The minimum absolute atomic E-state index is 0.690. The van der Waals surface area contributed by atoms with E-state index in [-0.39, 0.29) is 0 Å². The highest BCUT2D eigenvalue weighted by atomic mass is 31.3. The molecule has 3 rings (SSSR count). The molecule has 0 saturated carbocycles. The molecule has 0 amide bonds. The average molecular weight is 562 g/mol. The van der Waals surface area contributed by atoms with Crippen LogP contribution in [0.5, 0.6) is 0 Å². The van der Waals surface area contributed by atoms with Crippen molar-refractivity contribution in [1.29, 1.82) is 0 Å².